The fraction of sp³-hybridized carbons (Fsp3) is 0.545. The van der Waals surface area contributed by atoms with E-state index in [1.165, 1.54) is 29.7 Å². The Kier molecular flexibility index (Phi) is 8.31. The third-order valence-electron chi connectivity index (χ3n) is 5.32. The van der Waals surface area contributed by atoms with Gasteiger partial charge in [0.2, 0.25) is 0 Å². The van der Waals surface area contributed by atoms with E-state index in [1.807, 2.05) is 19.3 Å². The van der Waals surface area contributed by atoms with Gasteiger partial charge in [0.25, 0.3) is 0 Å². The number of para-hydroxylation sites is 1. The molecule has 1 aliphatic rings. The van der Waals surface area contributed by atoms with Crippen LogP contribution in [0.25, 0.3) is 0 Å². The van der Waals surface area contributed by atoms with Gasteiger partial charge in [-0.3, -0.25) is 9.89 Å². The number of piperidine rings is 1. The zero-order valence-electron chi connectivity index (χ0n) is 17.8. The number of aliphatic imine (C=N–C) groups is 1. The molecular weight excluding hydrogens is 382 g/mol. The van der Waals surface area contributed by atoms with Gasteiger partial charge in [0, 0.05) is 43.2 Å². The number of hydrogen-bond acceptors (Lipinski definition) is 5. The minimum atomic E-state index is 0.256. The summed E-state index contributed by atoms with van der Waals surface area (Å²) in [5.41, 5.74) is 1.23. The Bertz CT molecular complexity index is 785. The minimum absolute atomic E-state index is 0.256. The van der Waals surface area contributed by atoms with E-state index >= 15 is 0 Å². The first-order valence-electron chi connectivity index (χ1n) is 10.4. The van der Waals surface area contributed by atoms with Gasteiger partial charge in [0.15, 0.2) is 5.96 Å². The van der Waals surface area contributed by atoms with Crippen LogP contribution in [-0.2, 0) is 6.42 Å². The summed E-state index contributed by atoms with van der Waals surface area (Å²) in [6.07, 6.45) is 6.67. The number of benzene rings is 1. The lowest BCUT2D eigenvalue weighted by Crippen LogP contribution is -2.45. The lowest BCUT2D eigenvalue weighted by atomic mass is 10.0. The van der Waals surface area contributed by atoms with Gasteiger partial charge in [0.1, 0.15) is 5.75 Å². The highest BCUT2D eigenvalue weighted by Gasteiger charge is 2.25. The van der Waals surface area contributed by atoms with Crippen LogP contribution in [0, 0.1) is 6.92 Å². The van der Waals surface area contributed by atoms with Crippen molar-refractivity contribution < 1.29 is 4.74 Å². The van der Waals surface area contributed by atoms with Crippen LogP contribution in [0.3, 0.4) is 0 Å². The maximum atomic E-state index is 5.66. The average Bonchev–Trinajstić information content (AvgIpc) is 3.18. The van der Waals surface area contributed by atoms with E-state index in [1.54, 1.807) is 18.4 Å². The molecule has 158 valence electrons. The van der Waals surface area contributed by atoms with Gasteiger partial charge in [-0.2, -0.15) is 0 Å². The topological polar surface area (TPSA) is 61.8 Å². The number of aryl methyl sites for hydroxylation is 1. The van der Waals surface area contributed by atoms with Crippen LogP contribution in [0.5, 0.6) is 5.75 Å². The quantitative estimate of drug-likeness (QED) is 0.511. The summed E-state index contributed by atoms with van der Waals surface area (Å²) in [6, 6.07) is 8.62. The fourth-order valence-electron chi connectivity index (χ4n) is 3.83. The lowest BCUT2D eigenvalue weighted by molar-refractivity contribution is 0.161. The molecule has 1 aromatic heterocycles. The molecule has 7 heteroatoms. The van der Waals surface area contributed by atoms with Crippen molar-refractivity contribution in [2.75, 3.05) is 40.3 Å². The van der Waals surface area contributed by atoms with Crippen LogP contribution in [0.4, 0.5) is 0 Å². The Morgan fingerprint density at radius 1 is 1.24 bits per heavy atom. The Hall–Kier alpha value is -2.12. The van der Waals surface area contributed by atoms with Crippen LogP contribution in [-0.4, -0.2) is 56.2 Å². The standard InChI is InChI=1S/C22H33N5OS/c1-17-15-25-21(29-17)11-12-24-22(23-2)26-16-19(27-13-7-4-8-14-27)18-9-5-6-10-20(18)28-3/h5-6,9-10,15,19H,4,7-8,11-14,16H2,1-3H3,(H2,23,24,26). The van der Waals surface area contributed by atoms with Crippen LogP contribution < -0.4 is 15.4 Å². The Balaban J connectivity index is 1.61. The largest absolute Gasteiger partial charge is 0.496 e. The molecule has 2 aromatic rings. The molecule has 3 rings (SSSR count). The third kappa shape index (κ3) is 6.18. The van der Waals surface area contributed by atoms with Gasteiger partial charge in [-0.1, -0.05) is 24.6 Å². The SMILES string of the molecule is CN=C(NCCc1ncc(C)s1)NCC(c1ccccc1OC)N1CCCCC1. The zero-order valence-corrected chi connectivity index (χ0v) is 18.6. The average molecular weight is 416 g/mol. The second kappa shape index (κ2) is 11.2. The van der Waals surface area contributed by atoms with E-state index in [9.17, 15) is 0 Å². The van der Waals surface area contributed by atoms with E-state index in [0.29, 0.717) is 0 Å². The molecule has 0 bridgehead atoms. The van der Waals surface area contributed by atoms with Crippen LogP contribution in [0.1, 0.15) is 40.8 Å². The molecule has 29 heavy (non-hydrogen) atoms. The molecule has 2 heterocycles. The summed E-state index contributed by atoms with van der Waals surface area (Å²) in [4.78, 5) is 12.7. The molecule has 1 fully saturated rings. The Morgan fingerprint density at radius 3 is 2.72 bits per heavy atom. The van der Waals surface area contributed by atoms with E-state index in [4.69, 9.17) is 4.74 Å². The molecule has 1 aliphatic heterocycles. The van der Waals surface area contributed by atoms with Crippen molar-refractivity contribution in [2.24, 2.45) is 4.99 Å². The molecule has 1 saturated heterocycles. The molecule has 0 amide bonds. The number of methoxy groups -OCH3 is 1. The fourth-order valence-corrected chi connectivity index (χ4v) is 4.61. The number of likely N-dealkylation sites (tertiary alicyclic amines) is 1. The van der Waals surface area contributed by atoms with E-state index in [-0.39, 0.29) is 6.04 Å². The number of hydrogen-bond donors (Lipinski definition) is 2. The highest BCUT2D eigenvalue weighted by molar-refractivity contribution is 7.11. The van der Waals surface area contributed by atoms with E-state index in [2.05, 4.69) is 50.6 Å². The summed E-state index contributed by atoms with van der Waals surface area (Å²) in [6.45, 7) is 5.94. The van der Waals surface area contributed by atoms with Crippen LogP contribution >= 0.6 is 11.3 Å². The number of nitrogens with one attached hydrogen (secondary N) is 2. The van der Waals surface area contributed by atoms with Crippen molar-refractivity contribution >= 4 is 17.3 Å². The molecule has 0 aliphatic carbocycles. The van der Waals surface area contributed by atoms with E-state index in [0.717, 1.165) is 49.3 Å². The van der Waals surface area contributed by atoms with Gasteiger partial charge in [-0.15, -0.1) is 11.3 Å². The number of thiazole rings is 1. The predicted octanol–water partition coefficient (Wildman–Crippen LogP) is 3.39. The summed E-state index contributed by atoms with van der Waals surface area (Å²) >= 11 is 1.75. The van der Waals surface area contributed by atoms with Crippen molar-refractivity contribution in [1.29, 1.82) is 0 Å². The first-order chi connectivity index (χ1) is 14.2. The molecular formula is C22H33N5OS. The van der Waals surface area contributed by atoms with Crippen molar-refractivity contribution in [1.82, 2.24) is 20.5 Å². The van der Waals surface area contributed by atoms with Crippen molar-refractivity contribution in [2.45, 2.75) is 38.6 Å². The highest BCUT2D eigenvalue weighted by atomic mass is 32.1. The second-order valence-electron chi connectivity index (χ2n) is 7.35. The molecule has 1 aromatic carbocycles. The smallest absolute Gasteiger partial charge is 0.191 e. The monoisotopic (exact) mass is 415 g/mol. The maximum absolute atomic E-state index is 5.66. The molecule has 0 spiro atoms. The summed E-state index contributed by atoms with van der Waals surface area (Å²) in [5, 5.41) is 8.11. The zero-order chi connectivity index (χ0) is 20.5. The molecule has 0 saturated carbocycles. The van der Waals surface area contributed by atoms with Crippen LogP contribution in [0.2, 0.25) is 0 Å². The van der Waals surface area contributed by atoms with Gasteiger partial charge >= 0.3 is 0 Å². The maximum Gasteiger partial charge on any atom is 0.191 e. The van der Waals surface area contributed by atoms with Gasteiger partial charge in [0.05, 0.1) is 18.2 Å². The van der Waals surface area contributed by atoms with Crippen molar-refractivity contribution in [3.8, 4) is 5.75 Å². The normalized spacial score (nSPS) is 16.4. The van der Waals surface area contributed by atoms with Gasteiger partial charge in [-0.05, 0) is 38.9 Å². The Labute approximate surface area is 178 Å². The van der Waals surface area contributed by atoms with Gasteiger partial charge in [-0.25, -0.2) is 4.98 Å². The third-order valence-corrected chi connectivity index (χ3v) is 6.29. The number of nitrogens with zero attached hydrogens (tertiary/aromatic N) is 3. The summed E-state index contributed by atoms with van der Waals surface area (Å²) in [5.74, 6) is 1.78. The summed E-state index contributed by atoms with van der Waals surface area (Å²) < 4.78 is 5.66. The lowest BCUT2D eigenvalue weighted by Gasteiger charge is -2.35. The molecule has 1 unspecified atom stereocenters. The molecule has 6 nitrogen and oxygen atoms in total. The first kappa shape index (κ1) is 21.6. The predicted molar refractivity (Wildman–Crippen MR) is 121 cm³/mol. The highest BCUT2D eigenvalue weighted by Crippen LogP contribution is 2.30. The van der Waals surface area contributed by atoms with Gasteiger partial charge < -0.3 is 15.4 Å². The van der Waals surface area contributed by atoms with Crippen molar-refractivity contribution in [3.63, 3.8) is 0 Å². The molecule has 1 atom stereocenters. The molecule has 2 N–H and O–H groups in total. The number of rotatable bonds is 8. The number of ether oxygens (including phenoxy) is 1. The first-order valence-corrected chi connectivity index (χ1v) is 11.3. The van der Waals surface area contributed by atoms with Crippen molar-refractivity contribution in [3.05, 3.63) is 45.9 Å². The second-order valence-corrected chi connectivity index (χ2v) is 8.67. The number of guanidine groups is 1. The van der Waals surface area contributed by atoms with Crippen LogP contribution in [0.15, 0.2) is 35.5 Å². The Morgan fingerprint density at radius 2 is 2.03 bits per heavy atom. The van der Waals surface area contributed by atoms with E-state index < -0.39 is 0 Å². The molecule has 0 radical (unpaired) electrons. The minimum Gasteiger partial charge on any atom is -0.496 e. The summed E-state index contributed by atoms with van der Waals surface area (Å²) in [7, 11) is 3.57. The number of aromatic nitrogens is 1.